The van der Waals surface area contributed by atoms with Crippen LogP contribution in [0.15, 0.2) is 5.16 Å². The molecule has 0 saturated carbocycles. The Morgan fingerprint density at radius 1 is 1.22 bits per heavy atom. The third-order valence-electron chi connectivity index (χ3n) is 3.08. The summed E-state index contributed by atoms with van der Waals surface area (Å²) in [5, 5.41) is 3.55. The van der Waals surface area contributed by atoms with E-state index in [1.165, 1.54) is 34.3 Å². The summed E-state index contributed by atoms with van der Waals surface area (Å²) < 4.78 is 0. The highest BCUT2D eigenvalue weighted by atomic mass is 16.6. The molecule has 0 radical (unpaired) electrons. The second-order valence-electron chi connectivity index (χ2n) is 4.35. The van der Waals surface area contributed by atoms with Crippen LogP contribution in [-0.4, -0.2) is 55.1 Å². The molecule has 7 nitrogen and oxygen atoms in total. The van der Waals surface area contributed by atoms with E-state index in [1.54, 1.807) is 0 Å². The van der Waals surface area contributed by atoms with Gasteiger partial charge in [-0.25, -0.2) is 4.79 Å². The van der Waals surface area contributed by atoms with Gasteiger partial charge in [0, 0.05) is 20.3 Å². The largest absolute Gasteiger partial charge is 0.399 e. The molecular formula is C11H17N3O4. The predicted octanol–water partition coefficient (Wildman–Crippen LogP) is 0.456. The molecule has 4 amide bonds. The number of amides is 4. The highest BCUT2D eigenvalue weighted by Gasteiger charge is 2.51. The van der Waals surface area contributed by atoms with E-state index in [0.717, 1.165) is 9.80 Å². The van der Waals surface area contributed by atoms with Crippen LogP contribution in [0.25, 0.3) is 0 Å². The molecular weight excluding hydrogens is 238 g/mol. The highest BCUT2D eigenvalue weighted by molar-refractivity contribution is 6.18. The molecule has 1 aliphatic rings. The topological polar surface area (TPSA) is 79.3 Å². The summed E-state index contributed by atoms with van der Waals surface area (Å²) >= 11 is 0. The number of carbonyl (C=O) groups excluding carboxylic acids is 3. The van der Waals surface area contributed by atoms with Gasteiger partial charge in [0.15, 0.2) is 0 Å². The van der Waals surface area contributed by atoms with Crippen LogP contribution in [-0.2, 0) is 14.4 Å². The number of nitrogens with zero attached hydrogens (tertiary/aromatic N) is 3. The minimum atomic E-state index is -1.23. The molecule has 1 aliphatic heterocycles. The SMILES string of the molecule is CO/N=C/CCC1(C)C(=O)N(C)C(=O)N(C)C1=O. The Bertz CT molecular complexity index is 381. The Morgan fingerprint density at radius 3 is 2.17 bits per heavy atom. The molecule has 0 spiro atoms. The van der Waals surface area contributed by atoms with Crippen molar-refractivity contribution in [2.45, 2.75) is 19.8 Å². The predicted molar refractivity (Wildman–Crippen MR) is 63.8 cm³/mol. The average molecular weight is 255 g/mol. The van der Waals surface area contributed by atoms with E-state index in [2.05, 4.69) is 9.99 Å². The minimum absolute atomic E-state index is 0.277. The van der Waals surface area contributed by atoms with Crippen LogP contribution in [0, 0.1) is 5.41 Å². The molecule has 0 unspecified atom stereocenters. The Kier molecular flexibility index (Phi) is 4.05. The number of imide groups is 2. The minimum Gasteiger partial charge on any atom is -0.399 e. The van der Waals surface area contributed by atoms with Gasteiger partial charge in [0.05, 0.1) is 0 Å². The number of hydrogen-bond acceptors (Lipinski definition) is 5. The van der Waals surface area contributed by atoms with Crippen LogP contribution in [0.3, 0.4) is 0 Å². The second kappa shape index (κ2) is 5.16. The molecule has 0 aromatic heterocycles. The summed E-state index contributed by atoms with van der Waals surface area (Å²) in [5.41, 5.74) is -1.23. The molecule has 1 fully saturated rings. The van der Waals surface area contributed by atoms with E-state index >= 15 is 0 Å². The zero-order valence-electron chi connectivity index (χ0n) is 11.0. The van der Waals surface area contributed by atoms with Crippen LogP contribution in [0.4, 0.5) is 4.79 Å². The van der Waals surface area contributed by atoms with Gasteiger partial charge < -0.3 is 4.84 Å². The number of oxime groups is 1. The van der Waals surface area contributed by atoms with Crippen molar-refractivity contribution in [3.05, 3.63) is 0 Å². The van der Waals surface area contributed by atoms with E-state index in [0.29, 0.717) is 6.42 Å². The fourth-order valence-corrected chi connectivity index (χ4v) is 1.92. The van der Waals surface area contributed by atoms with Crippen molar-refractivity contribution in [3.8, 4) is 0 Å². The van der Waals surface area contributed by atoms with Gasteiger partial charge in [-0.15, -0.1) is 0 Å². The van der Waals surface area contributed by atoms with Crippen molar-refractivity contribution in [2.75, 3.05) is 21.2 Å². The lowest BCUT2D eigenvalue weighted by Gasteiger charge is -2.39. The van der Waals surface area contributed by atoms with Crippen molar-refractivity contribution in [1.82, 2.24) is 9.80 Å². The van der Waals surface area contributed by atoms with Crippen LogP contribution < -0.4 is 0 Å². The number of carbonyl (C=O) groups is 3. The summed E-state index contributed by atoms with van der Waals surface area (Å²) in [4.78, 5) is 42.1. The van der Waals surface area contributed by atoms with Gasteiger partial charge in [-0.2, -0.15) is 0 Å². The van der Waals surface area contributed by atoms with Gasteiger partial charge in [-0.3, -0.25) is 19.4 Å². The van der Waals surface area contributed by atoms with E-state index in [4.69, 9.17) is 0 Å². The Morgan fingerprint density at radius 2 is 1.72 bits per heavy atom. The lowest BCUT2D eigenvalue weighted by Crippen LogP contribution is -2.61. The lowest BCUT2D eigenvalue weighted by atomic mass is 9.81. The standard InChI is InChI=1S/C11H17N3O4/c1-11(6-5-7-12-18-4)8(15)13(2)10(17)14(3)9(11)16/h7H,5-6H2,1-4H3/b12-7+. The summed E-state index contributed by atoms with van der Waals surface area (Å²) in [5.74, 6) is -0.970. The maximum absolute atomic E-state index is 12.1. The van der Waals surface area contributed by atoms with Crippen molar-refractivity contribution in [2.24, 2.45) is 10.6 Å². The normalized spacial score (nSPS) is 19.9. The quantitative estimate of drug-likeness (QED) is 0.415. The fourth-order valence-electron chi connectivity index (χ4n) is 1.92. The number of urea groups is 1. The number of hydrogen-bond donors (Lipinski definition) is 0. The molecule has 1 saturated heterocycles. The van der Waals surface area contributed by atoms with Crippen molar-refractivity contribution < 1.29 is 19.2 Å². The molecule has 0 aromatic rings. The van der Waals surface area contributed by atoms with Gasteiger partial charge in [0.25, 0.3) is 0 Å². The molecule has 1 heterocycles. The number of rotatable bonds is 4. The Labute approximate surface area is 105 Å². The fraction of sp³-hybridized carbons (Fsp3) is 0.636. The van der Waals surface area contributed by atoms with Crippen LogP contribution in [0.2, 0.25) is 0 Å². The lowest BCUT2D eigenvalue weighted by molar-refractivity contribution is -0.156. The van der Waals surface area contributed by atoms with Gasteiger partial charge in [-0.05, 0) is 19.8 Å². The maximum Gasteiger partial charge on any atom is 0.332 e. The van der Waals surface area contributed by atoms with Crippen LogP contribution in [0.1, 0.15) is 19.8 Å². The molecule has 18 heavy (non-hydrogen) atoms. The van der Waals surface area contributed by atoms with E-state index < -0.39 is 23.3 Å². The van der Waals surface area contributed by atoms with Crippen molar-refractivity contribution in [1.29, 1.82) is 0 Å². The second-order valence-corrected chi connectivity index (χ2v) is 4.35. The summed E-state index contributed by atoms with van der Waals surface area (Å²) in [6.07, 6.45) is 2.18. The van der Waals surface area contributed by atoms with E-state index in [1.807, 2.05) is 0 Å². The van der Waals surface area contributed by atoms with Gasteiger partial charge in [-0.1, -0.05) is 5.16 Å². The zero-order valence-corrected chi connectivity index (χ0v) is 11.0. The molecule has 0 aromatic carbocycles. The van der Waals surface area contributed by atoms with Gasteiger partial charge in [0.2, 0.25) is 11.8 Å². The van der Waals surface area contributed by atoms with Crippen molar-refractivity contribution in [3.63, 3.8) is 0 Å². The highest BCUT2D eigenvalue weighted by Crippen LogP contribution is 2.32. The molecule has 0 aliphatic carbocycles. The molecule has 0 bridgehead atoms. The molecule has 100 valence electrons. The Balaban J connectivity index is 2.90. The molecule has 0 atom stereocenters. The first-order valence-corrected chi connectivity index (χ1v) is 5.51. The van der Waals surface area contributed by atoms with E-state index in [-0.39, 0.29) is 6.42 Å². The molecule has 7 heteroatoms. The van der Waals surface area contributed by atoms with Gasteiger partial charge in [0.1, 0.15) is 12.5 Å². The third kappa shape index (κ3) is 2.20. The summed E-state index contributed by atoms with van der Waals surface area (Å²) in [7, 11) is 4.15. The van der Waals surface area contributed by atoms with Crippen LogP contribution in [0.5, 0.6) is 0 Å². The van der Waals surface area contributed by atoms with Crippen LogP contribution >= 0.6 is 0 Å². The number of barbiturate groups is 1. The maximum atomic E-state index is 12.1. The van der Waals surface area contributed by atoms with Crippen molar-refractivity contribution >= 4 is 24.1 Å². The smallest absolute Gasteiger partial charge is 0.332 e. The Hall–Kier alpha value is -1.92. The summed E-state index contributed by atoms with van der Waals surface area (Å²) in [6, 6.07) is -0.604. The molecule has 1 rings (SSSR count). The first-order valence-electron chi connectivity index (χ1n) is 5.51. The average Bonchev–Trinajstić information content (AvgIpc) is 2.37. The third-order valence-corrected chi connectivity index (χ3v) is 3.08. The first kappa shape index (κ1) is 14.1. The zero-order chi connectivity index (χ0) is 13.9. The molecule has 0 N–H and O–H groups in total. The van der Waals surface area contributed by atoms with Gasteiger partial charge >= 0.3 is 6.03 Å². The van der Waals surface area contributed by atoms with E-state index in [9.17, 15) is 14.4 Å². The monoisotopic (exact) mass is 255 g/mol. The first-order chi connectivity index (χ1) is 8.36. The summed E-state index contributed by atoms with van der Waals surface area (Å²) in [6.45, 7) is 1.54.